The van der Waals surface area contributed by atoms with E-state index in [1.165, 1.54) is 0 Å². The molecule has 1 rings (SSSR count). The van der Waals surface area contributed by atoms with E-state index >= 15 is 0 Å². The van der Waals surface area contributed by atoms with Crippen LogP contribution in [0.4, 0.5) is 0 Å². The van der Waals surface area contributed by atoms with Gasteiger partial charge in [-0.3, -0.25) is 8.88 Å². The second-order valence-electron chi connectivity index (χ2n) is 5.64. The Morgan fingerprint density at radius 2 is 1.77 bits per heavy atom. The molecule has 0 N–H and O–H groups in total. The van der Waals surface area contributed by atoms with E-state index in [1.54, 1.807) is 6.08 Å². The molecule has 148 valence electrons. The number of hydrogen-bond acceptors (Lipinski definition) is 8. The zero-order chi connectivity index (χ0) is 19.5. The van der Waals surface area contributed by atoms with Crippen molar-refractivity contribution in [3.05, 3.63) is 47.5 Å². The Bertz CT molecular complexity index is 641. The van der Waals surface area contributed by atoms with Crippen molar-refractivity contribution in [1.82, 2.24) is 0 Å². The van der Waals surface area contributed by atoms with E-state index < -0.39 is 15.6 Å². The van der Waals surface area contributed by atoms with E-state index in [2.05, 4.69) is 8.83 Å². The van der Waals surface area contributed by atoms with Gasteiger partial charge in [0.25, 0.3) is 7.82 Å². The molecule has 0 heterocycles. The van der Waals surface area contributed by atoms with Crippen LogP contribution in [0.5, 0.6) is 0 Å². The standard InChI is InChI=1S/C16H26O8P2/c1-15(9-7-13-23-26(20,21)24-25(17,18)19)8-5-6-12-22-14-16-10-3-2-4-11-16/h2-4,9-11H,5-8,12-14H2,1H3,(H,20,21)(H2,17,18,19)/p-3/b15-9+. The van der Waals surface area contributed by atoms with Crippen molar-refractivity contribution in [1.29, 1.82) is 0 Å². The van der Waals surface area contributed by atoms with Gasteiger partial charge >= 0.3 is 0 Å². The molecule has 0 amide bonds. The largest absolute Gasteiger partial charge is 0.790 e. The lowest BCUT2D eigenvalue weighted by molar-refractivity contribution is -0.339. The fourth-order valence-corrected chi connectivity index (χ4v) is 3.59. The van der Waals surface area contributed by atoms with Crippen LogP contribution in [-0.4, -0.2) is 13.2 Å². The number of rotatable bonds is 13. The van der Waals surface area contributed by atoms with Gasteiger partial charge in [-0.05, 0) is 38.2 Å². The van der Waals surface area contributed by atoms with Crippen LogP contribution < -0.4 is 14.7 Å². The summed E-state index contributed by atoms with van der Waals surface area (Å²) in [5, 5.41) is 0. The molecule has 0 aliphatic carbocycles. The van der Waals surface area contributed by atoms with Gasteiger partial charge in [-0.1, -0.05) is 42.0 Å². The number of allylic oxidation sites excluding steroid dienone is 1. The minimum Gasteiger partial charge on any atom is -0.790 e. The monoisotopic (exact) mass is 405 g/mol. The fourth-order valence-electron chi connectivity index (χ4n) is 2.09. The average Bonchev–Trinajstić information content (AvgIpc) is 2.53. The van der Waals surface area contributed by atoms with E-state index in [4.69, 9.17) is 4.74 Å². The molecule has 1 unspecified atom stereocenters. The van der Waals surface area contributed by atoms with Crippen molar-refractivity contribution in [2.45, 2.75) is 39.2 Å². The summed E-state index contributed by atoms with van der Waals surface area (Å²) in [5.74, 6) is 0. The van der Waals surface area contributed by atoms with Crippen LogP contribution in [0.25, 0.3) is 0 Å². The maximum atomic E-state index is 11.0. The molecule has 10 heteroatoms. The van der Waals surface area contributed by atoms with Crippen LogP contribution in [0.15, 0.2) is 42.0 Å². The van der Waals surface area contributed by atoms with Crippen LogP contribution in [-0.2, 0) is 29.3 Å². The molecule has 0 spiro atoms. The number of unbranched alkanes of at least 4 members (excludes halogenated alkanes) is 1. The highest BCUT2D eigenvalue weighted by Gasteiger charge is 2.10. The van der Waals surface area contributed by atoms with E-state index in [0.29, 0.717) is 13.2 Å². The lowest BCUT2D eigenvalue weighted by Gasteiger charge is -2.34. The summed E-state index contributed by atoms with van der Waals surface area (Å²) in [7, 11) is -10.7. The third kappa shape index (κ3) is 12.5. The molecular weight excluding hydrogens is 382 g/mol. The fraction of sp³-hybridized carbons (Fsp3) is 0.500. The van der Waals surface area contributed by atoms with Crippen LogP contribution in [0.3, 0.4) is 0 Å². The lowest BCUT2D eigenvalue weighted by atomic mass is 10.1. The Kier molecular flexibility index (Phi) is 10.5. The molecule has 0 saturated carbocycles. The molecule has 8 nitrogen and oxygen atoms in total. The molecule has 0 fully saturated rings. The average molecular weight is 405 g/mol. The topological polar surface area (TPSA) is 131 Å². The van der Waals surface area contributed by atoms with E-state index in [0.717, 1.165) is 30.4 Å². The van der Waals surface area contributed by atoms with Gasteiger partial charge < -0.3 is 28.5 Å². The Labute approximate surface area is 153 Å². The number of ether oxygens (including phenoxy) is 1. The number of phosphoric acid groups is 2. The third-order valence-electron chi connectivity index (χ3n) is 3.28. The maximum Gasteiger partial charge on any atom is 0.271 e. The van der Waals surface area contributed by atoms with Crippen molar-refractivity contribution < 1.29 is 37.4 Å². The quantitative estimate of drug-likeness (QED) is 0.277. The molecule has 0 aliphatic heterocycles. The van der Waals surface area contributed by atoms with Gasteiger partial charge in [-0.25, -0.2) is 0 Å². The Morgan fingerprint density at radius 1 is 1.08 bits per heavy atom. The number of phosphoric ester groups is 1. The molecule has 1 aromatic carbocycles. The second kappa shape index (κ2) is 11.8. The van der Waals surface area contributed by atoms with Gasteiger partial charge in [-0.2, -0.15) is 0 Å². The molecular formula is C16H23O8P2-3. The maximum absolute atomic E-state index is 11.0. The number of benzene rings is 1. The predicted molar refractivity (Wildman–Crippen MR) is 90.6 cm³/mol. The minimum atomic E-state index is -5.63. The van der Waals surface area contributed by atoms with Gasteiger partial charge in [0.05, 0.1) is 21.0 Å². The van der Waals surface area contributed by atoms with Crippen LogP contribution >= 0.6 is 15.6 Å². The summed E-state index contributed by atoms with van der Waals surface area (Å²) in [4.78, 5) is 31.5. The summed E-state index contributed by atoms with van der Waals surface area (Å²) in [6.07, 6.45) is 4.71. The van der Waals surface area contributed by atoms with E-state index in [9.17, 15) is 23.8 Å². The van der Waals surface area contributed by atoms with Crippen LogP contribution in [0.1, 0.15) is 38.2 Å². The summed E-state index contributed by atoms with van der Waals surface area (Å²) >= 11 is 0. The highest BCUT2D eigenvalue weighted by atomic mass is 31.3. The first-order chi connectivity index (χ1) is 12.2. The van der Waals surface area contributed by atoms with E-state index in [1.807, 2.05) is 37.3 Å². The predicted octanol–water partition coefficient (Wildman–Crippen LogP) is 2.04. The molecule has 0 bridgehead atoms. The van der Waals surface area contributed by atoms with Crippen molar-refractivity contribution >= 4 is 15.6 Å². The Balaban J connectivity index is 2.09. The SMILES string of the molecule is C/C(=C\CCOP(=O)([O-])OP(=O)([O-])[O-])CCCCOCc1ccccc1. The zero-order valence-corrected chi connectivity index (χ0v) is 16.4. The first-order valence-corrected chi connectivity index (χ1v) is 11.1. The summed E-state index contributed by atoms with van der Waals surface area (Å²) in [6, 6.07) is 9.91. The van der Waals surface area contributed by atoms with Crippen molar-refractivity contribution in [3.8, 4) is 0 Å². The Hall–Kier alpha value is -0.820. The van der Waals surface area contributed by atoms with Crippen molar-refractivity contribution in [2.75, 3.05) is 13.2 Å². The molecule has 26 heavy (non-hydrogen) atoms. The molecule has 0 saturated heterocycles. The summed E-state index contributed by atoms with van der Waals surface area (Å²) in [5.41, 5.74) is 2.19. The smallest absolute Gasteiger partial charge is 0.271 e. The lowest BCUT2D eigenvalue weighted by Crippen LogP contribution is -2.19. The molecule has 0 radical (unpaired) electrons. The Morgan fingerprint density at radius 3 is 2.42 bits per heavy atom. The first-order valence-electron chi connectivity index (χ1n) is 8.14. The van der Waals surface area contributed by atoms with Gasteiger partial charge in [0.15, 0.2) is 0 Å². The van der Waals surface area contributed by atoms with Gasteiger partial charge in [-0.15, -0.1) is 0 Å². The minimum absolute atomic E-state index is 0.258. The van der Waals surface area contributed by atoms with Gasteiger partial charge in [0, 0.05) is 6.61 Å². The summed E-state index contributed by atoms with van der Waals surface area (Å²) < 4.78 is 34.5. The highest BCUT2D eigenvalue weighted by molar-refractivity contribution is 7.58. The molecule has 0 aliphatic rings. The third-order valence-corrected chi connectivity index (χ3v) is 5.38. The van der Waals surface area contributed by atoms with Crippen LogP contribution in [0, 0.1) is 0 Å². The highest BCUT2D eigenvalue weighted by Crippen LogP contribution is 2.50. The van der Waals surface area contributed by atoms with Crippen molar-refractivity contribution in [2.24, 2.45) is 0 Å². The number of hydrogen-bond donors (Lipinski definition) is 0. The summed E-state index contributed by atoms with van der Waals surface area (Å²) in [6.45, 7) is 2.86. The normalized spacial score (nSPS) is 15.0. The van der Waals surface area contributed by atoms with Gasteiger partial charge in [0.1, 0.15) is 0 Å². The molecule has 1 aromatic rings. The molecule has 1 atom stereocenters. The van der Waals surface area contributed by atoms with Gasteiger partial charge in [0.2, 0.25) is 0 Å². The zero-order valence-electron chi connectivity index (χ0n) is 14.6. The van der Waals surface area contributed by atoms with Crippen molar-refractivity contribution in [3.63, 3.8) is 0 Å². The van der Waals surface area contributed by atoms with E-state index in [-0.39, 0.29) is 13.0 Å². The molecule has 0 aromatic heterocycles. The van der Waals surface area contributed by atoms with Crippen LogP contribution in [0.2, 0.25) is 0 Å². The first kappa shape index (κ1) is 23.2. The second-order valence-corrected chi connectivity index (χ2v) is 8.34.